The number of hydrogen-bond acceptors (Lipinski definition) is 5. The summed E-state index contributed by atoms with van der Waals surface area (Å²) < 4.78 is 31.1. The molecule has 1 atom stereocenters. The summed E-state index contributed by atoms with van der Waals surface area (Å²) in [7, 11) is -0.362. The van der Waals surface area contributed by atoms with Crippen LogP contribution in [0.15, 0.2) is 41.6 Å². The number of sulfonamides is 1. The van der Waals surface area contributed by atoms with Crippen molar-refractivity contribution in [3.05, 3.63) is 42.5 Å². The quantitative estimate of drug-likeness (QED) is 0.811. The summed E-state index contributed by atoms with van der Waals surface area (Å²) in [5.74, 6) is 1.68. The van der Waals surface area contributed by atoms with Crippen molar-refractivity contribution in [2.75, 3.05) is 33.8 Å². The summed E-state index contributed by atoms with van der Waals surface area (Å²) in [6, 6.07) is 6.87. The molecule has 0 bridgehead atoms. The van der Waals surface area contributed by atoms with Gasteiger partial charge in [0.25, 0.3) is 0 Å². The van der Waals surface area contributed by atoms with Crippen LogP contribution in [0, 0.1) is 0 Å². The lowest BCUT2D eigenvalue weighted by atomic mass is 10.2. The SMILES string of the molecule is CN(C)S(=O)(=O)c1ccc(OCCN2CCCC2c2ncc[nH]2)cc1. The summed E-state index contributed by atoms with van der Waals surface area (Å²) in [6.07, 6.45) is 5.89. The van der Waals surface area contributed by atoms with E-state index in [1.165, 1.54) is 18.4 Å². The molecule has 0 amide bonds. The van der Waals surface area contributed by atoms with Crippen LogP contribution in [-0.4, -0.2) is 61.4 Å². The number of hydrogen-bond donors (Lipinski definition) is 1. The average Bonchev–Trinajstić information content (AvgIpc) is 3.26. The van der Waals surface area contributed by atoms with Crippen molar-refractivity contribution in [1.82, 2.24) is 19.2 Å². The maximum Gasteiger partial charge on any atom is 0.242 e. The molecule has 1 N–H and O–H groups in total. The molecule has 1 aliphatic rings. The molecule has 25 heavy (non-hydrogen) atoms. The van der Waals surface area contributed by atoms with E-state index in [0.717, 1.165) is 31.8 Å². The van der Waals surface area contributed by atoms with E-state index in [1.54, 1.807) is 30.5 Å². The van der Waals surface area contributed by atoms with Gasteiger partial charge in [0.1, 0.15) is 18.2 Å². The average molecular weight is 364 g/mol. The first kappa shape index (κ1) is 17.9. The van der Waals surface area contributed by atoms with Gasteiger partial charge in [-0.15, -0.1) is 0 Å². The number of rotatable bonds is 7. The molecular weight excluding hydrogens is 340 g/mol. The minimum atomic E-state index is -3.40. The van der Waals surface area contributed by atoms with Crippen molar-refractivity contribution in [3.8, 4) is 5.75 Å². The van der Waals surface area contributed by atoms with E-state index in [9.17, 15) is 8.42 Å². The molecule has 1 aromatic carbocycles. The lowest BCUT2D eigenvalue weighted by Gasteiger charge is -2.22. The van der Waals surface area contributed by atoms with Crippen LogP contribution in [0.4, 0.5) is 0 Å². The molecule has 1 fully saturated rings. The second-order valence-corrected chi connectivity index (χ2v) is 8.43. The fraction of sp³-hybridized carbons (Fsp3) is 0.471. The number of likely N-dealkylation sites (tertiary alicyclic amines) is 1. The standard InChI is InChI=1S/C17H24N4O3S/c1-20(2)25(22,23)15-7-5-14(6-8-15)24-13-12-21-11-3-4-16(21)17-18-9-10-19-17/h5-10,16H,3-4,11-13H2,1-2H3,(H,18,19). The number of imidazole rings is 1. The highest BCUT2D eigenvalue weighted by Gasteiger charge is 2.27. The van der Waals surface area contributed by atoms with Crippen molar-refractivity contribution in [2.24, 2.45) is 0 Å². The zero-order valence-corrected chi connectivity index (χ0v) is 15.4. The van der Waals surface area contributed by atoms with Gasteiger partial charge in [-0.2, -0.15) is 0 Å². The molecule has 7 nitrogen and oxygen atoms in total. The number of H-pyrrole nitrogens is 1. The van der Waals surface area contributed by atoms with Gasteiger partial charge in [0.2, 0.25) is 10.0 Å². The number of nitrogens with zero attached hydrogens (tertiary/aromatic N) is 3. The molecule has 1 aliphatic heterocycles. The fourth-order valence-corrected chi connectivity index (χ4v) is 3.96. The molecule has 2 aromatic rings. The van der Waals surface area contributed by atoms with Gasteiger partial charge in [0.05, 0.1) is 10.9 Å². The molecule has 1 saturated heterocycles. The molecule has 0 radical (unpaired) electrons. The number of aromatic nitrogens is 2. The molecule has 1 unspecified atom stereocenters. The second-order valence-electron chi connectivity index (χ2n) is 6.28. The Morgan fingerprint density at radius 2 is 2.08 bits per heavy atom. The van der Waals surface area contributed by atoms with E-state index in [1.807, 2.05) is 6.20 Å². The molecule has 1 aromatic heterocycles. The first-order valence-corrected chi connectivity index (χ1v) is 9.81. The molecule has 3 rings (SSSR count). The van der Waals surface area contributed by atoms with Crippen molar-refractivity contribution in [3.63, 3.8) is 0 Å². The Kier molecular flexibility index (Phi) is 5.41. The lowest BCUT2D eigenvalue weighted by molar-refractivity contribution is 0.193. The van der Waals surface area contributed by atoms with Crippen LogP contribution in [0.25, 0.3) is 0 Å². The summed E-state index contributed by atoms with van der Waals surface area (Å²) in [5, 5.41) is 0. The van der Waals surface area contributed by atoms with Gasteiger partial charge >= 0.3 is 0 Å². The Morgan fingerprint density at radius 3 is 2.72 bits per heavy atom. The molecule has 0 spiro atoms. The topological polar surface area (TPSA) is 78.5 Å². The fourth-order valence-electron chi connectivity index (χ4n) is 3.06. The summed E-state index contributed by atoms with van der Waals surface area (Å²) >= 11 is 0. The Balaban J connectivity index is 1.54. The van der Waals surface area contributed by atoms with Crippen molar-refractivity contribution >= 4 is 10.0 Å². The van der Waals surface area contributed by atoms with E-state index in [0.29, 0.717) is 18.4 Å². The lowest BCUT2D eigenvalue weighted by Crippen LogP contribution is -2.28. The predicted octanol–water partition coefficient (Wildman–Crippen LogP) is 1.88. The van der Waals surface area contributed by atoms with Gasteiger partial charge in [-0.1, -0.05) is 0 Å². The van der Waals surface area contributed by atoms with Crippen LogP contribution in [0.1, 0.15) is 24.7 Å². The van der Waals surface area contributed by atoms with Crippen molar-refractivity contribution < 1.29 is 13.2 Å². The van der Waals surface area contributed by atoms with Crippen LogP contribution in [0.2, 0.25) is 0 Å². The third-order valence-electron chi connectivity index (χ3n) is 4.45. The van der Waals surface area contributed by atoms with E-state index in [2.05, 4.69) is 14.9 Å². The van der Waals surface area contributed by atoms with E-state index in [-0.39, 0.29) is 4.90 Å². The normalized spacial score (nSPS) is 18.8. The third kappa shape index (κ3) is 4.02. The molecule has 136 valence electrons. The van der Waals surface area contributed by atoms with Gasteiger partial charge in [-0.05, 0) is 43.7 Å². The maximum atomic E-state index is 12.0. The monoisotopic (exact) mass is 364 g/mol. The first-order valence-electron chi connectivity index (χ1n) is 8.37. The molecule has 0 aliphatic carbocycles. The van der Waals surface area contributed by atoms with Crippen molar-refractivity contribution in [1.29, 1.82) is 0 Å². The molecule has 0 saturated carbocycles. The van der Waals surface area contributed by atoms with Gasteiger partial charge in [0, 0.05) is 33.0 Å². The van der Waals surface area contributed by atoms with Gasteiger partial charge in [-0.3, -0.25) is 4.90 Å². The molecule has 2 heterocycles. The molecular formula is C17H24N4O3S. The summed E-state index contributed by atoms with van der Waals surface area (Å²) in [4.78, 5) is 10.2. The van der Waals surface area contributed by atoms with E-state index < -0.39 is 10.0 Å². The highest BCUT2D eigenvalue weighted by Crippen LogP contribution is 2.29. The highest BCUT2D eigenvalue weighted by molar-refractivity contribution is 7.89. The number of nitrogens with one attached hydrogen (secondary N) is 1. The van der Waals surface area contributed by atoms with Crippen LogP contribution in [0.3, 0.4) is 0 Å². The number of aromatic amines is 1. The first-order chi connectivity index (χ1) is 12.0. The minimum absolute atomic E-state index is 0.266. The second kappa shape index (κ2) is 7.55. The van der Waals surface area contributed by atoms with Crippen molar-refractivity contribution in [2.45, 2.75) is 23.8 Å². The zero-order chi connectivity index (χ0) is 17.9. The number of ether oxygens (including phenoxy) is 1. The highest BCUT2D eigenvalue weighted by atomic mass is 32.2. The Hall–Kier alpha value is -1.90. The third-order valence-corrected chi connectivity index (χ3v) is 6.28. The smallest absolute Gasteiger partial charge is 0.242 e. The Labute approximate surface area is 148 Å². The van der Waals surface area contributed by atoms with E-state index >= 15 is 0 Å². The predicted molar refractivity (Wildman–Crippen MR) is 94.9 cm³/mol. The van der Waals surface area contributed by atoms with Crippen LogP contribution in [-0.2, 0) is 10.0 Å². The summed E-state index contributed by atoms with van der Waals surface area (Å²) in [5.41, 5.74) is 0. The Morgan fingerprint density at radius 1 is 1.32 bits per heavy atom. The largest absolute Gasteiger partial charge is 0.492 e. The number of benzene rings is 1. The zero-order valence-electron chi connectivity index (χ0n) is 14.6. The van der Waals surface area contributed by atoms with Crippen LogP contribution >= 0.6 is 0 Å². The maximum absolute atomic E-state index is 12.0. The minimum Gasteiger partial charge on any atom is -0.492 e. The van der Waals surface area contributed by atoms with Gasteiger partial charge < -0.3 is 9.72 Å². The Bertz CT molecular complexity index is 773. The van der Waals surface area contributed by atoms with Crippen LogP contribution in [0.5, 0.6) is 5.75 Å². The van der Waals surface area contributed by atoms with Gasteiger partial charge in [0.15, 0.2) is 0 Å². The van der Waals surface area contributed by atoms with Crippen LogP contribution < -0.4 is 4.74 Å². The summed E-state index contributed by atoms with van der Waals surface area (Å²) in [6.45, 7) is 2.40. The molecule has 8 heteroatoms. The van der Waals surface area contributed by atoms with E-state index in [4.69, 9.17) is 4.74 Å². The van der Waals surface area contributed by atoms with Gasteiger partial charge in [-0.25, -0.2) is 17.7 Å².